The molecule has 0 saturated carbocycles. The molecule has 1 amide bonds. The van der Waals surface area contributed by atoms with Gasteiger partial charge in [-0.15, -0.1) is 0 Å². The van der Waals surface area contributed by atoms with Crippen LogP contribution in [0.25, 0.3) is 0 Å². The number of methoxy groups -OCH3 is 1. The monoisotopic (exact) mass is 253 g/mol. The third kappa shape index (κ3) is 3.87. The van der Waals surface area contributed by atoms with Crippen LogP contribution in [0, 0.1) is 0 Å². The molecule has 1 aromatic rings. The average Bonchev–Trinajstić information content (AvgIpc) is 2.76. The molecule has 0 radical (unpaired) electrons. The molecule has 1 aromatic heterocycles. The highest BCUT2D eigenvalue weighted by Crippen LogP contribution is 2.08. The Morgan fingerprint density at radius 1 is 1.50 bits per heavy atom. The molecule has 0 aliphatic heterocycles. The zero-order chi connectivity index (χ0) is 13.5. The van der Waals surface area contributed by atoms with Gasteiger partial charge in [-0.05, 0) is 6.42 Å². The van der Waals surface area contributed by atoms with E-state index in [2.05, 4.69) is 16.6 Å². The third-order valence-electron chi connectivity index (χ3n) is 2.65. The van der Waals surface area contributed by atoms with Gasteiger partial charge in [0.15, 0.2) is 0 Å². The molecule has 0 aliphatic rings. The summed E-state index contributed by atoms with van der Waals surface area (Å²) in [6.07, 6.45) is 4.63. The van der Waals surface area contributed by atoms with Crippen LogP contribution in [-0.4, -0.2) is 28.5 Å². The summed E-state index contributed by atoms with van der Waals surface area (Å²) in [5, 5.41) is 0. The topological polar surface area (TPSA) is 87.2 Å². The second-order valence-corrected chi connectivity index (χ2v) is 4.03. The minimum atomic E-state index is -0.551. The molecular weight excluding hydrogens is 234 g/mol. The lowest BCUT2D eigenvalue weighted by atomic mass is 10.2. The Bertz CT molecular complexity index is 426. The second-order valence-electron chi connectivity index (χ2n) is 4.03. The van der Waals surface area contributed by atoms with Crippen LogP contribution in [-0.2, 0) is 22.5 Å². The van der Waals surface area contributed by atoms with Gasteiger partial charge in [-0.3, -0.25) is 9.59 Å². The summed E-state index contributed by atoms with van der Waals surface area (Å²) in [5.74, 6) is -0.0510. The summed E-state index contributed by atoms with van der Waals surface area (Å²) in [6, 6.07) is 0. The summed E-state index contributed by atoms with van der Waals surface area (Å²) < 4.78 is 6.38. The number of nitrogens with zero attached hydrogens (tertiary/aromatic N) is 2. The number of primary amides is 1. The van der Waals surface area contributed by atoms with E-state index in [0.29, 0.717) is 6.54 Å². The van der Waals surface area contributed by atoms with Crippen molar-refractivity contribution in [3.8, 4) is 0 Å². The van der Waals surface area contributed by atoms with Crippen LogP contribution in [0.2, 0.25) is 0 Å². The van der Waals surface area contributed by atoms with Gasteiger partial charge in [0.05, 0.1) is 13.5 Å². The number of imidazole rings is 1. The average molecular weight is 253 g/mol. The van der Waals surface area contributed by atoms with Crippen molar-refractivity contribution in [3.05, 3.63) is 17.7 Å². The molecule has 0 aliphatic carbocycles. The minimum Gasteiger partial charge on any atom is -0.469 e. The Hall–Kier alpha value is -1.85. The van der Waals surface area contributed by atoms with Gasteiger partial charge in [0.25, 0.3) is 5.91 Å². The Morgan fingerprint density at radius 2 is 2.22 bits per heavy atom. The maximum atomic E-state index is 11.1. The van der Waals surface area contributed by atoms with Crippen LogP contribution < -0.4 is 5.73 Å². The second kappa shape index (κ2) is 6.78. The van der Waals surface area contributed by atoms with E-state index in [0.717, 1.165) is 25.1 Å². The van der Waals surface area contributed by atoms with Crippen LogP contribution >= 0.6 is 0 Å². The van der Waals surface area contributed by atoms with E-state index < -0.39 is 5.91 Å². The Kier molecular flexibility index (Phi) is 5.35. The maximum absolute atomic E-state index is 11.1. The number of rotatable bonds is 7. The smallest absolute Gasteiger partial charge is 0.307 e. The predicted molar refractivity (Wildman–Crippen MR) is 66.0 cm³/mol. The largest absolute Gasteiger partial charge is 0.469 e. The zero-order valence-electron chi connectivity index (χ0n) is 10.8. The van der Waals surface area contributed by atoms with Gasteiger partial charge in [-0.1, -0.05) is 13.3 Å². The van der Waals surface area contributed by atoms with Gasteiger partial charge in [-0.2, -0.15) is 0 Å². The molecule has 0 spiro atoms. The van der Waals surface area contributed by atoms with Crippen molar-refractivity contribution in [2.75, 3.05) is 7.11 Å². The van der Waals surface area contributed by atoms with E-state index in [-0.39, 0.29) is 18.1 Å². The highest BCUT2D eigenvalue weighted by Gasteiger charge is 2.12. The SMILES string of the molecule is CCCCc1nc(C(N)=O)cn1CCC(=O)OC. The lowest BCUT2D eigenvalue weighted by Crippen LogP contribution is -2.11. The highest BCUT2D eigenvalue weighted by atomic mass is 16.5. The normalized spacial score (nSPS) is 10.3. The summed E-state index contributed by atoms with van der Waals surface area (Å²) in [5.41, 5.74) is 5.44. The van der Waals surface area contributed by atoms with E-state index in [1.165, 1.54) is 7.11 Å². The molecule has 0 unspecified atom stereocenters. The fraction of sp³-hybridized carbons (Fsp3) is 0.583. The van der Waals surface area contributed by atoms with Gasteiger partial charge in [0, 0.05) is 19.2 Å². The van der Waals surface area contributed by atoms with Crippen LogP contribution in [0.1, 0.15) is 42.5 Å². The van der Waals surface area contributed by atoms with Crippen molar-refractivity contribution < 1.29 is 14.3 Å². The van der Waals surface area contributed by atoms with Crippen molar-refractivity contribution >= 4 is 11.9 Å². The van der Waals surface area contributed by atoms with Gasteiger partial charge in [0.1, 0.15) is 11.5 Å². The Morgan fingerprint density at radius 3 is 2.78 bits per heavy atom. The molecule has 0 atom stereocenters. The molecule has 0 fully saturated rings. The Balaban J connectivity index is 2.78. The fourth-order valence-electron chi connectivity index (χ4n) is 1.61. The van der Waals surface area contributed by atoms with E-state index >= 15 is 0 Å². The molecule has 1 rings (SSSR count). The first-order chi connectivity index (χ1) is 8.58. The quantitative estimate of drug-likeness (QED) is 0.731. The molecule has 100 valence electrons. The van der Waals surface area contributed by atoms with Crippen LogP contribution in [0.3, 0.4) is 0 Å². The third-order valence-corrected chi connectivity index (χ3v) is 2.65. The molecule has 0 aromatic carbocycles. The minimum absolute atomic E-state index is 0.242. The lowest BCUT2D eigenvalue weighted by molar-refractivity contribution is -0.140. The van der Waals surface area contributed by atoms with Gasteiger partial charge in [-0.25, -0.2) is 4.98 Å². The number of carbonyl (C=O) groups excluding carboxylic acids is 2. The van der Waals surface area contributed by atoms with E-state index in [1.807, 2.05) is 0 Å². The fourth-order valence-corrected chi connectivity index (χ4v) is 1.61. The summed E-state index contributed by atoms with van der Waals surface area (Å²) >= 11 is 0. The number of esters is 1. The summed E-state index contributed by atoms with van der Waals surface area (Å²) in [4.78, 5) is 26.4. The van der Waals surface area contributed by atoms with Gasteiger partial charge >= 0.3 is 5.97 Å². The van der Waals surface area contributed by atoms with Crippen molar-refractivity contribution in [1.29, 1.82) is 0 Å². The lowest BCUT2D eigenvalue weighted by Gasteiger charge is -2.06. The van der Waals surface area contributed by atoms with E-state index in [4.69, 9.17) is 5.73 Å². The van der Waals surface area contributed by atoms with Crippen molar-refractivity contribution in [2.45, 2.75) is 39.2 Å². The molecule has 18 heavy (non-hydrogen) atoms. The van der Waals surface area contributed by atoms with Crippen LogP contribution in [0.4, 0.5) is 0 Å². The van der Waals surface area contributed by atoms with Crippen molar-refractivity contribution in [2.24, 2.45) is 5.73 Å². The molecule has 6 nitrogen and oxygen atoms in total. The maximum Gasteiger partial charge on any atom is 0.307 e. The molecule has 0 bridgehead atoms. The predicted octanol–water partition coefficient (Wildman–Crippen LogP) is 0.888. The number of aromatic nitrogens is 2. The van der Waals surface area contributed by atoms with Gasteiger partial charge < -0.3 is 15.0 Å². The van der Waals surface area contributed by atoms with Gasteiger partial charge in [0.2, 0.25) is 0 Å². The zero-order valence-corrected chi connectivity index (χ0v) is 10.8. The first-order valence-electron chi connectivity index (χ1n) is 6.01. The number of carbonyl (C=O) groups is 2. The summed E-state index contributed by atoms with van der Waals surface area (Å²) in [6.45, 7) is 2.53. The number of hydrogen-bond donors (Lipinski definition) is 1. The van der Waals surface area contributed by atoms with E-state index in [1.54, 1.807) is 10.8 Å². The summed E-state index contributed by atoms with van der Waals surface area (Å²) in [7, 11) is 1.35. The van der Waals surface area contributed by atoms with Crippen molar-refractivity contribution in [3.63, 3.8) is 0 Å². The van der Waals surface area contributed by atoms with Crippen LogP contribution in [0.15, 0.2) is 6.20 Å². The van der Waals surface area contributed by atoms with Crippen LogP contribution in [0.5, 0.6) is 0 Å². The number of unbranched alkanes of at least 4 members (excludes halogenated alkanes) is 1. The number of ether oxygens (including phenoxy) is 1. The number of amides is 1. The number of hydrogen-bond acceptors (Lipinski definition) is 4. The first kappa shape index (κ1) is 14.2. The molecule has 0 saturated heterocycles. The molecular formula is C12H19N3O3. The van der Waals surface area contributed by atoms with Crippen molar-refractivity contribution in [1.82, 2.24) is 9.55 Å². The Labute approximate surface area is 106 Å². The molecule has 1 heterocycles. The molecule has 6 heteroatoms. The number of nitrogens with two attached hydrogens (primary N) is 1. The van der Waals surface area contributed by atoms with E-state index in [9.17, 15) is 9.59 Å². The first-order valence-corrected chi connectivity index (χ1v) is 6.01. The highest BCUT2D eigenvalue weighted by molar-refractivity contribution is 5.90. The molecule has 2 N–H and O–H groups in total. The standard InChI is InChI=1S/C12H19N3O3/c1-3-4-5-10-14-9(12(13)17)8-15(10)7-6-11(16)18-2/h8H,3-7H2,1-2H3,(H2,13,17). The number of aryl methyl sites for hydroxylation is 2.